The molecule has 0 aromatic carbocycles. The van der Waals surface area contributed by atoms with Crippen LogP contribution in [0.5, 0.6) is 0 Å². The predicted molar refractivity (Wildman–Crippen MR) is 72.2 cm³/mol. The van der Waals surface area contributed by atoms with Crippen molar-refractivity contribution in [2.24, 2.45) is 23.5 Å². The highest BCUT2D eigenvalue weighted by atomic mass is 16.1. The van der Waals surface area contributed by atoms with Crippen LogP contribution in [0, 0.1) is 17.8 Å². The van der Waals surface area contributed by atoms with Crippen LogP contribution in [0.25, 0.3) is 0 Å². The van der Waals surface area contributed by atoms with Crippen LogP contribution in [0.15, 0.2) is 29.6 Å². The van der Waals surface area contributed by atoms with Crippen molar-refractivity contribution in [3.8, 4) is 0 Å². The Kier molecular flexibility index (Phi) is 2.49. The van der Waals surface area contributed by atoms with E-state index in [9.17, 15) is 4.79 Å². The first-order valence-electron chi connectivity index (χ1n) is 6.68. The Labute approximate surface area is 107 Å². The van der Waals surface area contributed by atoms with E-state index in [1.807, 2.05) is 12.1 Å². The zero-order chi connectivity index (χ0) is 12.9. The monoisotopic (exact) mass is 244 g/mol. The van der Waals surface area contributed by atoms with E-state index in [4.69, 9.17) is 5.73 Å². The first kappa shape index (κ1) is 11.7. The molecule has 1 fully saturated rings. The number of nitrogens with one attached hydrogen (secondary N) is 1. The average Bonchev–Trinajstić information content (AvgIpc) is 2.26. The number of hydrogen-bond acceptors (Lipinski definition) is 2. The third-order valence-electron chi connectivity index (χ3n) is 4.72. The molecule has 2 bridgehead atoms. The van der Waals surface area contributed by atoms with Gasteiger partial charge in [-0.3, -0.25) is 4.79 Å². The van der Waals surface area contributed by atoms with Gasteiger partial charge < -0.3 is 10.7 Å². The van der Waals surface area contributed by atoms with Crippen molar-refractivity contribution in [3.63, 3.8) is 0 Å². The molecule has 0 spiro atoms. The summed E-state index contributed by atoms with van der Waals surface area (Å²) in [5, 5.41) is 0. The minimum atomic E-state index is -0.345. The number of aromatic nitrogens is 1. The molecule has 96 valence electrons. The molecule has 3 rings (SSSR count). The Morgan fingerprint density at radius 3 is 3.06 bits per heavy atom. The number of rotatable bonds is 1. The van der Waals surface area contributed by atoms with Crippen molar-refractivity contribution >= 4 is 0 Å². The van der Waals surface area contributed by atoms with Gasteiger partial charge in [-0.15, -0.1) is 6.58 Å². The summed E-state index contributed by atoms with van der Waals surface area (Å²) < 4.78 is 0. The molecule has 3 heteroatoms. The molecule has 2 aliphatic carbocycles. The number of nitrogens with two attached hydrogens (primary N) is 1. The third-order valence-corrected chi connectivity index (χ3v) is 4.72. The van der Waals surface area contributed by atoms with Crippen LogP contribution in [0.2, 0.25) is 0 Å². The summed E-state index contributed by atoms with van der Waals surface area (Å²) >= 11 is 0. The summed E-state index contributed by atoms with van der Waals surface area (Å²) in [5.41, 5.74) is 8.50. The maximum atomic E-state index is 11.5. The van der Waals surface area contributed by atoms with E-state index in [2.05, 4.69) is 18.5 Å². The van der Waals surface area contributed by atoms with Gasteiger partial charge in [0.2, 0.25) is 5.56 Å². The van der Waals surface area contributed by atoms with Crippen LogP contribution < -0.4 is 11.3 Å². The Balaban J connectivity index is 2.20. The highest BCUT2D eigenvalue weighted by molar-refractivity contribution is 5.35. The fourth-order valence-electron chi connectivity index (χ4n) is 4.16. The molecule has 18 heavy (non-hydrogen) atoms. The zero-order valence-electron chi connectivity index (χ0n) is 10.8. The molecular weight excluding hydrogens is 224 g/mol. The normalized spacial score (nSPS) is 38.0. The lowest BCUT2D eigenvalue weighted by Crippen LogP contribution is -2.55. The number of pyridine rings is 1. The van der Waals surface area contributed by atoms with E-state index in [-0.39, 0.29) is 11.1 Å². The predicted octanol–water partition coefficient (Wildman–Crippen LogP) is 1.93. The van der Waals surface area contributed by atoms with Gasteiger partial charge in [-0.1, -0.05) is 13.0 Å². The Hall–Kier alpha value is -1.35. The van der Waals surface area contributed by atoms with Crippen LogP contribution in [-0.2, 0) is 12.0 Å². The van der Waals surface area contributed by atoms with Gasteiger partial charge in [0.1, 0.15) is 0 Å². The minimum absolute atomic E-state index is 0.0273. The fourth-order valence-corrected chi connectivity index (χ4v) is 4.16. The second kappa shape index (κ2) is 3.82. The van der Waals surface area contributed by atoms with E-state index < -0.39 is 0 Å². The van der Waals surface area contributed by atoms with Gasteiger partial charge in [0, 0.05) is 23.2 Å². The second-order valence-electron chi connectivity index (χ2n) is 6.03. The van der Waals surface area contributed by atoms with E-state index in [1.54, 1.807) is 6.07 Å². The number of aromatic amines is 1. The summed E-state index contributed by atoms with van der Waals surface area (Å²) in [6, 6.07) is 3.51. The highest BCUT2D eigenvalue weighted by Gasteiger charge is 2.49. The molecule has 2 aliphatic rings. The summed E-state index contributed by atoms with van der Waals surface area (Å²) in [7, 11) is 0. The quantitative estimate of drug-likeness (QED) is 0.742. The van der Waals surface area contributed by atoms with Crippen LogP contribution in [0.4, 0.5) is 0 Å². The molecular formula is C15H20N2O. The molecule has 1 aromatic heterocycles. The van der Waals surface area contributed by atoms with Gasteiger partial charge in [0.25, 0.3) is 0 Å². The molecule has 0 saturated heterocycles. The van der Waals surface area contributed by atoms with Gasteiger partial charge >= 0.3 is 0 Å². The van der Waals surface area contributed by atoms with E-state index in [1.165, 1.54) is 6.42 Å². The van der Waals surface area contributed by atoms with Crippen molar-refractivity contribution < 1.29 is 0 Å². The molecule has 3 N–H and O–H groups in total. The van der Waals surface area contributed by atoms with Crippen LogP contribution in [0.1, 0.15) is 31.0 Å². The molecule has 0 amide bonds. The van der Waals surface area contributed by atoms with Gasteiger partial charge in [-0.25, -0.2) is 0 Å². The number of fused-ring (bicyclic) bond motifs is 4. The van der Waals surface area contributed by atoms with E-state index in [0.717, 1.165) is 24.1 Å². The number of H-pyrrole nitrogens is 1. The SMILES string of the molecule is C=CC1C2Cc3[nH]c(=O)ccc3C1(N)CC(C)C2. The zero-order valence-corrected chi connectivity index (χ0v) is 10.8. The maximum Gasteiger partial charge on any atom is 0.248 e. The lowest BCUT2D eigenvalue weighted by Gasteiger charge is -2.51. The summed E-state index contributed by atoms with van der Waals surface area (Å²) in [5.74, 6) is 1.48. The second-order valence-corrected chi connectivity index (χ2v) is 6.03. The Morgan fingerprint density at radius 2 is 2.33 bits per heavy atom. The van der Waals surface area contributed by atoms with Crippen LogP contribution >= 0.6 is 0 Å². The summed E-state index contributed by atoms with van der Waals surface area (Å²) in [6.45, 7) is 6.24. The molecule has 0 aliphatic heterocycles. The molecule has 4 atom stereocenters. The smallest absolute Gasteiger partial charge is 0.248 e. The van der Waals surface area contributed by atoms with E-state index in [0.29, 0.717) is 17.8 Å². The Morgan fingerprint density at radius 1 is 1.56 bits per heavy atom. The third kappa shape index (κ3) is 1.50. The maximum absolute atomic E-state index is 11.5. The van der Waals surface area contributed by atoms with Crippen molar-refractivity contribution in [3.05, 3.63) is 46.4 Å². The molecule has 1 saturated carbocycles. The van der Waals surface area contributed by atoms with Gasteiger partial charge in [0.05, 0.1) is 0 Å². The van der Waals surface area contributed by atoms with Crippen molar-refractivity contribution in [2.75, 3.05) is 0 Å². The Bertz CT molecular complexity index is 548. The fraction of sp³-hybridized carbons (Fsp3) is 0.533. The van der Waals surface area contributed by atoms with Crippen molar-refractivity contribution in [1.82, 2.24) is 4.98 Å². The lowest BCUT2D eigenvalue weighted by molar-refractivity contribution is 0.0962. The highest BCUT2D eigenvalue weighted by Crippen LogP contribution is 2.50. The molecule has 1 aromatic rings. The summed E-state index contributed by atoms with van der Waals surface area (Å²) in [4.78, 5) is 14.4. The molecule has 1 heterocycles. The van der Waals surface area contributed by atoms with Gasteiger partial charge in [-0.05, 0) is 42.7 Å². The van der Waals surface area contributed by atoms with Gasteiger partial charge in [-0.2, -0.15) is 0 Å². The first-order valence-corrected chi connectivity index (χ1v) is 6.68. The van der Waals surface area contributed by atoms with Gasteiger partial charge in [0.15, 0.2) is 0 Å². The van der Waals surface area contributed by atoms with E-state index >= 15 is 0 Å². The summed E-state index contributed by atoms with van der Waals surface area (Å²) in [6.07, 6.45) is 5.08. The molecule has 4 unspecified atom stereocenters. The largest absolute Gasteiger partial charge is 0.326 e. The topological polar surface area (TPSA) is 58.9 Å². The first-order chi connectivity index (χ1) is 8.54. The average molecular weight is 244 g/mol. The van der Waals surface area contributed by atoms with Crippen LogP contribution in [-0.4, -0.2) is 4.98 Å². The lowest BCUT2D eigenvalue weighted by atomic mass is 9.57. The minimum Gasteiger partial charge on any atom is -0.326 e. The standard InChI is InChI=1S/C15H20N2O/c1-3-11-10-6-9(2)8-15(11,16)12-4-5-14(18)17-13(12)7-10/h3-5,9-11H,1,6-8,16H2,2H3,(H,17,18). The molecule has 0 radical (unpaired) electrons. The van der Waals surface area contributed by atoms with Crippen molar-refractivity contribution in [2.45, 2.75) is 31.7 Å². The van der Waals surface area contributed by atoms with Crippen LogP contribution in [0.3, 0.4) is 0 Å². The number of hydrogen-bond donors (Lipinski definition) is 2. The van der Waals surface area contributed by atoms with Crippen molar-refractivity contribution in [1.29, 1.82) is 0 Å². The molecule has 3 nitrogen and oxygen atoms in total.